The Bertz CT molecular complexity index is 870. The van der Waals surface area contributed by atoms with Crippen molar-refractivity contribution in [3.8, 4) is 5.75 Å². The number of piperidine rings is 1. The van der Waals surface area contributed by atoms with Gasteiger partial charge in [0.2, 0.25) is 0 Å². The van der Waals surface area contributed by atoms with Crippen molar-refractivity contribution in [2.45, 2.75) is 25.1 Å². The average Bonchev–Trinajstić information content (AvgIpc) is 3.04. The molecule has 138 valence electrons. The molecule has 3 aromatic rings. The lowest BCUT2D eigenvalue weighted by atomic mass is 9.95. The monoisotopic (exact) mass is 377 g/mol. The molecule has 0 saturated carbocycles. The molecular formula is C18H21ClFN5O. The van der Waals surface area contributed by atoms with Gasteiger partial charge in [0.15, 0.2) is 5.65 Å². The van der Waals surface area contributed by atoms with E-state index in [9.17, 15) is 4.39 Å². The second-order valence-corrected chi connectivity index (χ2v) is 6.30. The van der Waals surface area contributed by atoms with Crippen LogP contribution in [-0.2, 0) is 6.54 Å². The molecule has 0 aliphatic carbocycles. The SMILES string of the molecule is COc1ccc(Cn2cc3cnc([C@H]4CCNC[C@H]4F)nc3n2)cc1.Cl. The third-order valence-electron chi connectivity index (χ3n) is 4.57. The topological polar surface area (TPSA) is 64.9 Å². The van der Waals surface area contributed by atoms with Crippen LogP contribution in [0.15, 0.2) is 36.7 Å². The number of fused-ring (bicyclic) bond motifs is 1. The third kappa shape index (κ3) is 3.78. The van der Waals surface area contributed by atoms with Crippen molar-refractivity contribution in [3.63, 3.8) is 0 Å². The molecule has 2 aromatic heterocycles. The molecule has 8 heteroatoms. The molecular weight excluding hydrogens is 357 g/mol. The molecule has 1 N–H and O–H groups in total. The number of hydrogen-bond acceptors (Lipinski definition) is 5. The van der Waals surface area contributed by atoms with Crippen molar-refractivity contribution in [2.24, 2.45) is 0 Å². The predicted octanol–water partition coefficient (Wildman–Crippen LogP) is 2.72. The summed E-state index contributed by atoms with van der Waals surface area (Å²) in [5, 5.41) is 8.44. The molecule has 1 aliphatic heterocycles. The van der Waals surface area contributed by atoms with Gasteiger partial charge in [-0.25, -0.2) is 14.4 Å². The van der Waals surface area contributed by atoms with Crippen molar-refractivity contribution in [1.29, 1.82) is 0 Å². The zero-order chi connectivity index (χ0) is 17.2. The molecule has 2 atom stereocenters. The Morgan fingerprint density at radius 1 is 1.31 bits per heavy atom. The van der Waals surface area contributed by atoms with E-state index in [0.717, 1.165) is 23.2 Å². The second kappa shape index (κ2) is 7.97. The summed E-state index contributed by atoms with van der Waals surface area (Å²) in [4.78, 5) is 8.88. The Labute approximate surface area is 157 Å². The molecule has 1 aliphatic rings. The van der Waals surface area contributed by atoms with Crippen LogP contribution in [0.5, 0.6) is 5.75 Å². The van der Waals surface area contributed by atoms with Gasteiger partial charge in [-0.3, -0.25) is 4.68 Å². The number of ether oxygens (including phenoxy) is 1. The first-order valence-electron chi connectivity index (χ1n) is 8.41. The lowest BCUT2D eigenvalue weighted by Crippen LogP contribution is -2.37. The van der Waals surface area contributed by atoms with Gasteiger partial charge < -0.3 is 10.1 Å². The molecule has 0 unspecified atom stereocenters. The molecule has 1 fully saturated rings. The van der Waals surface area contributed by atoms with Gasteiger partial charge in [0.05, 0.1) is 25.0 Å². The smallest absolute Gasteiger partial charge is 0.184 e. The summed E-state index contributed by atoms with van der Waals surface area (Å²) in [6, 6.07) is 7.86. The van der Waals surface area contributed by atoms with Gasteiger partial charge in [0.1, 0.15) is 17.7 Å². The average molecular weight is 378 g/mol. The highest BCUT2D eigenvalue weighted by Gasteiger charge is 2.28. The number of alkyl halides is 1. The quantitative estimate of drug-likeness (QED) is 0.757. The Morgan fingerprint density at radius 2 is 2.12 bits per heavy atom. The van der Waals surface area contributed by atoms with Gasteiger partial charge in [0, 0.05) is 18.9 Å². The van der Waals surface area contributed by atoms with Crippen LogP contribution in [0.25, 0.3) is 11.0 Å². The van der Waals surface area contributed by atoms with Gasteiger partial charge >= 0.3 is 0 Å². The fourth-order valence-electron chi connectivity index (χ4n) is 3.17. The Balaban J connectivity index is 0.00000196. The minimum absolute atomic E-state index is 0. The molecule has 3 heterocycles. The maximum Gasteiger partial charge on any atom is 0.184 e. The van der Waals surface area contributed by atoms with Crippen molar-refractivity contribution >= 4 is 23.4 Å². The Kier molecular flexibility index (Phi) is 5.68. The van der Waals surface area contributed by atoms with E-state index in [1.54, 1.807) is 13.3 Å². The van der Waals surface area contributed by atoms with Gasteiger partial charge in [-0.2, -0.15) is 5.10 Å². The lowest BCUT2D eigenvalue weighted by molar-refractivity contribution is 0.225. The summed E-state index contributed by atoms with van der Waals surface area (Å²) in [7, 11) is 1.65. The van der Waals surface area contributed by atoms with Gasteiger partial charge in [-0.15, -0.1) is 12.4 Å². The predicted molar refractivity (Wildman–Crippen MR) is 99.8 cm³/mol. The maximum atomic E-state index is 14.1. The molecule has 1 aromatic carbocycles. The standard InChI is InChI=1S/C18H20FN5O.ClH/c1-25-14-4-2-12(3-5-14)10-24-11-13-8-21-18(22-17(13)23-24)15-6-7-20-9-16(15)19;/h2-5,8,11,15-16,20H,6-7,9-10H2,1H3;1H/t15-,16+;/m0./s1. The second-order valence-electron chi connectivity index (χ2n) is 6.30. The van der Waals surface area contributed by atoms with Crippen molar-refractivity contribution in [3.05, 3.63) is 48.0 Å². The van der Waals surface area contributed by atoms with E-state index in [4.69, 9.17) is 4.74 Å². The molecule has 0 spiro atoms. The molecule has 6 nitrogen and oxygen atoms in total. The fraction of sp³-hybridized carbons (Fsp3) is 0.389. The van der Waals surface area contributed by atoms with E-state index in [0.29, 0.717) is 31.0 Å². The molecule has 0 bridgehead atoms. The molecule has 0 amide bonds. The molecule has 4 rings (SSSR count). The highest BCUT2D eigenvalue weighted by molar-refractivity contribution is 5.85. The first kappa shape index (κ1) is 18.5. The van der Waals surface area contributed by atoms with Crippen LogP contribution < -0.4 is 10.1 Å². The highest BCUT2D eigenvalue weighted by Crippen LogP contribution is 2.26. The van der Waals surface area contributed by atoms with E-state index >= 15 is 0 Å². The van der Waals surface area contributed by atoms with Crippen LogP contribution in [0.2, 0.25) is 0 Å². The van der Waals surface area contributed by atoms with Crippen LogP contribution in [0.4, 0.5) is 4.39 Å². The summed E-state index contributed by atoms with van der Waals surface area (Å²) < 4.78 is 21.1. The number of rotatable bonds is 4. The number of nitrogens with one attached hydrogen (secondary N) is 1. The molecule has 1 saturated heterocycles. The van der Waals surface area contributed by atoms with Crippen LogP contribution in [-0.4, -0.2) is 46.1 Å². The zero-order valence-electron chi connectivity index (χ0n) is 14.4. The maximum absolute atomic E-state index is 14.1. The number of halogens is 2. The number of methoxy groups -OCH3 is 1. The lowest BCUT2D eigenvalue weighted by Gasteiger charge is -2.25. The first-order valence-corrected chi connectivity index (χ1v) is 8.41. The summed E-state index contributed by atoms with van der Waals surface area (Å²) in [5.41, 5.74) is 1.73. The fourth-order valence-corrected chi connectivity index (χ4v) is 3.17. The minimum Gasteiger partial charge on any atom is -0.497 e. The van der Waals surface area contributed by atoms with Crippen molar-refractivity contribution in [1.82, 2.24) is 25.1 Å². The number of benzene rings is 1. The van der Waals surface area contributed by atoms with Crippen molar-refractivity contribution in [2.75, 3.05) is 20.2 Å². The zero-order valence-corrected chi connectivity index (χ0v) is 15.2. The normalized spacial score (nSPS) is 19.9. The van der Waals surface area contributed by atoms with E-state index in [1.165, 1.54) is 0 Å². The van der Waals surface area contributed by atoms with Gasteiger partial charge in [-0.1, -0.05) is 12.1 Å². The van der Waals surface area contributed by atoms with Crippen LogP contribution in [0.1, 0.15) is 23.7 Å². The number of hydrogen-bond donors (Lipinski definition) is 1. The highest BCUT2D eigenvalue weighted by atomic mass is 35.5. The van der Waals surface area contributed by atoms with Gasteiger partial charge in [0.25, 0.3) is 0 Å². The summed E-state index contributed by atoms with van der Waals surface area (Å²) >= 11 is 0. The molecule has 26 heavy (non-hydrogen) atoms. The van der Waals surface area contributed by atoms with Gasteiger partial charge in [-0.05, 0) is 30.7 Å². The first-order chi connectivity index (χ1) is 12.2. The van der Waals surface area contributed by atoms with E-state index in [1.807, 2.05) is 35.1 Å². The largest absolute Gasteiger partial charge is 0.497 e. The van der Waals surface area contributed by atoms with E-state index in [2.05, 4.69) is 20.4 Å². The summed E-state index contributed by atoms with van der Waals surface area (Å²) in [5.74, 6) is 1.13. The van der Waals surface area contributed by atoms with Crippen LogP contribution >= 0.6 is 12.4 Å². The van der Waals surface area contributed by atoms with Crippen molar-refractivity contribution < 1.29 is 9.13 Å². The molecule has 0 radical (unpaired) electrons. The Morgan fingerprint density at radius 3 is 2.85 bits per heavy atom. The number of nitrogens with zero attached hydrogens (tertiary/aromatic N) is 4. The van der Waals surface area contributed by atoms with Crippen LogP contribution in [0.3, 0.4) is 0 Å². The summed E-state index contributed by atoms with van der Waals surface area (Å²) in [6.07, 6.45) is 3.41. The minimum atomic E-state index is -0.951. The van der Waals surface area contributed by atoms with E-state index < -0.39 is 6.17 Å². The third-order valence-corrected chi connectivity index (χ3v) is 4.57. The van der Waals surface area contributed by atoms with Crippen LogP contribution in [0, 0.1) is 0 Å². The Hall–Kier alpha value is -2.25. The summed E-state index contributed by atoms with van der Waals surface area (Å²) in [6.45, 7) is 1.78. The number of aromatic nitrogens is 4. The van der Waals surface area contributed by atoms with E-state index in [-0.39, 0.29) is 18.3 Å².